The summed E-state index contributed by atoms with van der Waals surface area (Å²) in [7, 11) is 2.76. The third-order valence-corrected chi connectivity index (χ3v) is 8.07. The Kier molecular flexibility index (Phi) is 8.31. The summed E-state index contributed by atoms with van der Waals surface area (Å²) in [6.07, 6.45) is 8.41. The minimum atomic E-state index is -2.76. The van der Waals surface area contributed by atoms with E-state index in [1.54, 1.807) is 6.92 Å². The third kappa shape index (κ3) is 5.88. The van der Waals surface area contributed by atoms with Crippen LogP contribution in [0.4, 0.5) is 8.78 Å². The second-order valence-corrected chi connectivity index (χ2v) is 10.8. The maximum atomic E-state index is 14.4. The summed E-state index contributed by atoms with van der Waals surface area (Å²) in [4.78, 5) is 0. The molecule has 1 saturated carbocycles. The summed E-state index contributed by atoms with van der Waals surface area (Å²) in [6, 6.07) is 16.7. The molecule has 1 aliphatic rings. The van der Waals surface area contributed by atoms with Gasteiger partial charge in [-0.15, -0.1) is 9.24 Å². The van der Waals surface area contributed by atoms with Gasteiger partial charge in [0.15, 0.2) is 0 Å². The quantitative estimate of drug-likeness (QED) is 0.275. The summed E-state index contributed by atoms with van der Waals surface area (Å²) in [6.45, 7) is 9.07. The second-order valence-electron chi connectivity index (χ2n) is 10.1. The van der Waals surface area contributed by atoms with Gasteiger partial charge in [0.05, 0.1) is 5.41 Å². The Balaban J connectivity index is 1.63. The van der Waals surface area contributed by atoms with E-state index in [0.717, 1.165) is 36.5 Å². The number of benzene rings is 2. The summed E-state index contributed by atoms with van der Waals surface area (Å²) >= 11 is 0. The molecule has 4 unspecified atom stereocenters. The van der Waals surface area contributed by atoms with Gasteiger partial charge >= 0.3 is 0 Å². The van der Waals surface area contributed by atoms with Gasteiger partial charge in [-0.05, 0) is 78.4 Å². The van der Waals surface area contributed by atoms with Gasteiger partial charge in [0.25, 0.3) is 5.92 Å². The molecule has 0 heterocycles. The molecule has 1 fully saturated rings. The zero-order valence-corrected chi connectivity index (χ0v) is 21.1. The molecule has 3 rings (SSSR count). The Bertz CT molecular complexity index is 879. The van der Waals surface area contributed by atoms with Crippen LogP contribution in [0.1, 0.15) is 94.7 Å². The van der Waals surface area contributed by atoms with Crippen molar-refractivity contribution >= 4 is 20.1 Å². The third-order valence-electron chi connectivity index (χ3n) is 7.68. The van der Waals surface area contributed by atoms with Crippen molar-refractivity contribution in [3.63, 3.8) is 0 Å². The van der Waals surface area contributed by atoms with Gasteiger partial charge in [-0.25, -0.2) is 8.78 Å². The normalized spacial score (nSPS) is 21.6. The molecule has 0 bridgehead atoms. The molecule has 0 saturated heterocycles. The lowest BCUT2D eigenvalue weighted by atomic mass is 9.73. The molecule has 4 atom stereocenters. The minimum Gasteiger partial charge on any atom is -0.206 e. The molecule has 0 radical (unpaired) electrons. The van der Waals surface area contributed by atoms with E-state index in [9.17, 15) is 8.78 Å². The van der Waals surface area contributed by atoms with E-state index in [0.29, 0.717) is 18.3 Å². The van der Waals surface area contributed by atoms with Gasteiger partial charge in [-0.1, -0.05) is 81.3 Å². The first-order valence-corrected chi connectivity index (χ1v) is 12.7. The van der Waals surface area contributed by atoms with Crippen LogP contribution in [0.5, 0.6) is 0 Å². The Morgan fingerprint density at radius 1 is 0.969 bits per heavy atom. The second kappa shape index (κ2) is 10.6. The standard InChI is InChI=1S/C29H39F2P/c1-5-19-28(3,29(4,30)31)26-15-11-23(12-16-26)21(2)20-22-7-6-8-24(10-9-22)25-13-17-27(32)18-14-25/h11-18,22,24H,2,5-10,19-20,32H2,1,3-4H3. The predicted molar refractivity (Wildman–Crippen MR) is 138 cm³/mol. The van der Waals surface area contributed by atoms with Crippen molar-refractivity contribution in [2.75, 3.05) is 0 Å². The van der Waals surface area contributed by atoms with Crippen molar-refractivity contribution in [1.29, 1.82) is 0 Å². The average Bonchev–Trinajstić information content (AvgIpc) is 2.99. The first-order chi connectivity index (χ1) is 15.1. The lowest BCUT2D eigenvalue weighted by molar-refractivity contribution is -0.0585. The maximum Gasteiger partial charge on any atom is 0.254 e. The van der Waals surface area contributed by atoms with Crippen LogP contribution < -0.4 is 5.30 Å². The average molecular weight is 457 g/mol. The zero-order valence-electron chi connectivity index (χ0n) is 20.0. The summed E-state index contributed by atoms with van der Waals surface area (Å²) in [5.74, 6) is -1.45. The lowest BCUT2D eigenvalue weighted by Crippen LogP contribution is -2.40. The highest BCUT2D eigenvalue weighted by Crippen LogP contribution is 2.43. The Labute approximate surface area is 196 Å². The molecular weight excluding hydrogens is 417 g/mol. The van der Waals surface area contributed by atoms with E-state index >= 15 is 0 Å². The Morgan fingerprint density at radius 3 is 2.22 bits per heavy atom. The largest absolute Gasteiger partial charge is 0.254 e. The van der Waals surface area contributed by atoms with Crippen LogP contribution in [-0.2, 0) is 5.41 Å². The van der Waals surface area contributed by atoms with Crippen LogP contribution in [0.25, 0.3) is 5.57 Å². The van der Waals surface area contributed by atoms with Crippen molar-refractivity contribution in [1.82, 2.24) is 0 Å². The highest BCUT2D eigenvalue weighted by molar-refractivity contribution is 7.27. The molecule has 2 aromatic rings. The zero-order chi connectivity index (χ0) is 23.4. The van der Waals surface area contributed by atoms with Crippen LogP contribution in [0.15, 0.2) is 55.1 Å². The van der Waals surface area contributed by atoms with Crippen LogP contribution >= 0.6 is 9.24 Å². The van der Waals surface area contributed by atoms with Crippen molar-refractivity contribution in [2.24, 2.45) is 5.92 Å². The smallest absolute Gasteiger partial charge is 0.206 e. The van der Waals surface area contributed by atoms with Gasteiger partial charge in [0.1, 0.15) is 0 Å². The number of allylic oxidation sites excluding steroid dienone is 1. The molecule has 174 valence electrons. The monoisotopic (exact) mass is 456 g/mol. The fourth-order valence-electron chi connectivity index (χ4n) is 5.34. The number of alkyl halides is 2. The molecular formula is C29H39F2P. The van der Waals surface area contributed by atoms with Crippen LogP contribution in [0.2, 0.25) is 0 Å². The number of hydrogen-bond donors (Lipinski definition) is 0. The SMILES string of the molecule is C=C(CC1CCCC(c2ccc(P)cc2)CC1)c1ccc(C(C)(CCC)C(C)(F)F)cc1. The molecule has 0 nitrogen and oxygen atoms in total. The molecule has 0 spiro atoms. The number of halogens is 2. The first-order valence-electron chi connectivity index (χ1n) is 12.2. The van der Waals surface area contributed by atoms with Crippen molar-refractivity contribution in [3.8, 4) is 0 Å². The van der Waals surface area contributed by atoms with Gasteiger partial charge < -0.3 is 0 Å². The van der Waals surface area contributed by atoms with Crippen molar-refractivity contribution < 1.29 is 8.78 Å². The molecule has 0 amide bonds. The van der Waals surface area contributed by atoms with Crippen molar-refractivity contribution in [2.45, 2.75) is 89.4 Å². The fourth-order valence-corrected chi connectivity index (χ4v) is 5.53. The Hall–Kier alpha value is -1.53. The highest BCUT2D eigenvalue weighted by Gasteiger charge is 2.46. The number of hydrogen-bond acceptors (Lipinski definition) is 0. The first kappa shape index (κ1) is 25.1. The fraction of sp³-hybridized carbons (Fsp3) is 0.517. The molecule has 32 heavy (non-hydrogen) atoms. The molecule has 1 aliphatic carbocycles. The van der Waals surface area contributed by atoms with Crippen molar-refractivity contribution in [3.05, 3.63) is 71.8 Å². The molecule has 0 N–H and O–H groups in total. The van der Waals surface area contributed by atoms with Crippen LogP contribution in [0, 0.1) is 5.92 Å². The van der Waals surface area contributed by atoms with Gasteiger partial charge in [0, 0.05) is 6.92 Å². The highest BCUT2D eigenvalue weighted by atomic mass is 31.0. The lowest BCUT2D eigenvalue weighted by Gasteiger charge is -2.36. The van der Waals surface area contributed by atoms with Crippen LogP contribution in [0.3, 0.4) is 0 Å². The minimum absolute atomic E-state index is 0.472. The van der Waals surface area contributed by atoms with E-state index in [4.69, 9.17) is 0 Å². The Morgan fingerprint density at radius 2 is 1.62 bits per heavy atom. The van der Waals surface area contributed by atoms with Crippen LogP contribution in [-0.4, -0.2) is 5.92 Å². The van der Waals surface area contributed by atoms with E-state index in [1.165, 1.54) is 43.0 Å². The summed E-state index contributed by atoms with van der Waals surface area (Å²) in [5.41, 5.74) is 3.27. The van der Waals surface area contributed by atoms with E-state index in [-0.39, 0.29) is 0 Å². The molecule has 3 heteroatoms. The number of rotatable bonds is 8. The molecule has 2 aromatic carbocycles. The van der Waals surface area contributed by atoms with Gasteiger partial charge in [0.2, 0.25) is 0 Å². The molecule has 0 aliphatic heterocycles. The topological polar surface area (TPSA) is 0 Å². The van der Waals surface area contributed by atoms with Gasteiger partial charge in [-0.2, -0.15) is 0 Å². The summed E-state index contributed by atoms with van der Waals surface area (Å²) in [5, 5.41) is 1.24. The predicted octanol–water partition coefficient (Wildman–Crippen LogP) is 8.67. The van der Waals surface area contributed by atoms with E-state index in [2.05, 4.69) is 40.1 Å². The molecule has 0 aromatic heterocycles. The summed E-state index contributed by atoms with van der Waals surface area (Å²) < 4.78 is 28.8. The van der Waals surface area contributed by atoms with Gasteiger partial charge in [-0.3, -0.25) is 0 Å². The van der Waals surface area contributed by atoms with E-state index in [1.807, 2.05) is 31.2 Å². The maximum absolute atomic E-state index is 14.4. The van der Waals surface area contributed by atoms with E-state index < -0.39 is 11.3 Å².